The van der Waals surface area contributed by atoms with Crippen LogP contribution < -0.4 is 4.74 Å². The van der Waals surface area contributed by atoms with Gasteiger partial charge in [-0.2, -0.15) is 4.31 Å². The fourth-order valence-electron chi connectivity index (χ4n) is 2.68. The quantitative estimate of drug-likeness (QED) is 0.776. The maximum atomic E-state index is 13.0. The minimum absolute atomic E-state index is 0.280. The van der Waals surface area contributed by atoms with Crippen molar-refractivity contribution in [3.05, 3.63) is 58.6 Å². The second-order valence-corrected chi connectivity index (χ2v) is 9.05. The molecule has 0 N–H and O–H groups in total. The van der Waals surface area contributed by atoms with Crippen molar-refractivity contribution in [1.29, 1.82) is 0 Å². The Morgan fingerprint density at radius 3 is 2.61 bits per heavy atom. The zero-order chi connectivity index (χ0) is 16.7. The predicted octanol–water partition coefficient (Wildman–Crippen LogP) is 3.81. The first-order valence-corrected chi connectivity index (χ1v) is 9.54. The lowest BCUT2D eigenvalue weighted by molar-refractivity contribution is 0.0955. The molecule has 0 saturated heterocycles. The van der Waals surface area contributed by atoms with Gasteiger partial charge < -0.3 is 4.74 Å². The lowest BCUT2D eigenvalue weighted by Gasteiger charge is -2.29. The summed E-state index contributed by atoms with van der Waals surface area (Å²) in [6.07, 6.45) is 0. The minimum atomic E-state index is -3.60. The summed E-state index contributed by atoms with van der Waals surface area (Å²) in [5, 5.41) is 0. The van der Waals surface area contributed by atoms with Crippen LogP contribution in [0.15, 0.2) is 57.9 Å². The average Bonchev–Trinajstić information content (AvgIpc) is 2.62. The molecule has 23 heavy (non-hydrogen) atoms. The van der Waals surface area contributed by atoms with Crippen molar-refractivity contribution in [2.75, 3.05) is 6.54 Å². The van der Waals surface area contributed by atoms with E-state index in [1.807, 2.05) is 44.2 Å². The summed E-state index contributed by atoms with van der Waals surface area (Å²) >= 11 is 3.33. The number of benzene rings is 2. The maximum Gasteiger partial charge on any atom is 0.243 e. The number of para-hydroxylation sites is 1. The molecular formula is C17H18BrNO3S. The second kappa shape index (κ2) is 5.92. The summed E-state index contributed by atoms with van der Waals surface area (Å²) in [6.45, 7) is 4.39. The molecule has 6 heteroatoms. The van der Waals surface area contributed by atoms with Crippen LogP contribution in [0.3, 0.4) is 0 Å². The van der Waals surface area contributed by atoms with Gasteiger partial charge in [-0.25, -0.2) is 8.42 Å². The van der Waals surface area contributed by atoms with Crippen LogP contribution in [0, 0.1) is 0 Å². The Bertz CT molecular complexity index is 833. The highest BCUT2D eigenvalue weighted by molar-refractivity contribution is 9.10. The molecule has 0 amide bonds. The zero-order valence-electron chi connectivity index (χ0n) is 13.0. The van der Waals surface area contributed by atoms with Gasteiger partial charge in [0, 0.05) is 16.6 Å². The van der Waals surface area contributed by atoms with E-state index in [0.717, 1.165) is 15.8 Å². The number of ether oxygens (including phenoxy) is 1. The third-order valence-electron chi connectivity index (χ3n) is 3.70. The Labute approximate surface area is 145 Å². The van der Waals surface area contributed by atoms with Gasteiger partial charge in [-0.15, -0.1) is 0 Å². The van der Waals surface area contributed by atoms with Crippen LogP contribution in [0.1, 0.15) is 19.4 Å². The van der Waals surface area contributed by atoms with E-state index in [2.05, 4.69) is 15.9 Å². The number of sulfonamides is 1. The fraction of sp³-hybridized carbons (Fsp3) is 0.294. The second-order valence-electron chi connectivity index (χ2n) is 6.20. The van der Waals surface area contributed by atoms with Gasteiger partial charge in [0.15, 0.2) is 0 Å². The van der Waals surface area contributed by atoms with E-state index in [-0.39, 0.29) is 11.4 Å². The van der Waals surface area contributed by atoms with Crippen molar-refractivity contribution in [2.24, 2.45) is 0 Å². The number of rotatable bonds is 2. The molecule has 0 spiro atoms. The van der Waals surface area contributed by atoms with Gasteiger partial charge >= 0.3 is 0 Å². The summed E-state index contributed by atoms with van der Waals surface area (Å²) in [7, 11) is -3.60. The molecule has 0 bridgehead atoms. The van der Waals surface area contributed by atoms with E-state index >= 15 is 0 Å². The summed E-state index contributed by atoms with van der Waals surface area (Å²) in [5.41, 5.74) is 0.266. The van der Waals surface area contributed by atoms with Crippen molar-refractivity contribution in [3.63, 3.8) is 0 Å². The summed E-state index contributed by atoms with van der Waals surface area (Å²) in [6, 6.07) is 14.4. The number of fused-ring (bicyclic) bond motifs is 1. The molecule has 0 fully saturated rings. The van der Waals surface area contributed by atoms with Gasteiger partial charge in [-0.3, -0.25) is 0 Å². The molecule has 0 saturated carbocycles. The Hall–Kier alpha value is -1.37. The van der Waals surface area contributed by atoms with E-state index in [0.29, 0.717) is 6.54 Å². The molecule has 122 valence electrons. The molecule has 3 rings (SSSR count). The lowest BCUT2D eigenvalue weighted by atomic mass is 10.1. The molecule has 0 unspecified atom stereocenters. The van der Waals surface area contributed by atoms with Crippen molar-refractivity contribution < 1.29 is 13.2 Å². The van der Waals surface area contributed by atoms with Crippen LogP contribution in [-0.2, 0) is 16.6 Å². The highest BCUT2D eigenvalue weighted by Gasteiger charge is 2.35. The molecule has 1 aliphatic heterocycles. The number of nitrogens with zero attached hydrogens (tertiary/aromatic N) is 1. The fourth-order valence-corrected chi connectivity index (χ4v) is 4.85. The highest BCUT2D eigenvalue weighted by Crippen LogP contribution is 2.32. The number of hydrogen-bond donors (Lipinski definition) is 0. The van der Waals surface area contributed by atoms with Crippen LogP contribution in [0.5, 0.6) is 5.75 Å². The van der Waals surface area contributed by atoms with Gasteiger partial charge in [0.1, 0.15) is 11.4 Å². The van der Waals surface area contributed by atoms with Gasteiger partial charge in [-0.1, -0.05) is 40.2 Å². The smallest absolute Gasteiger partial charge is 0.243 e. The van der Waals surface area contributed by atoms with E-state index in [4.69, 9.17) is 4.74 Å². The molecule has 2 aromatic rings. The lowest BCUT2D eigenvalue weighted by Crippen LogP contribution is -2.43. The first kappa shape index (κ1) is 16.5. The third-order valence-corrected chi connectivity index (χ3v) is 5.98. The number of halogens is 1. The molecule has 0 aliphatic carbocycles. The molecule has 0 aromatic heterocycles. The minimum Gasteiger partial charge on any atom is -0.486 e. The normalized spacial score (nSPS) is 17.9. The van der Waals surface area contributed by atoms with Gasteiger partial charge in [0.2, 0.25) is 10.0 Å². The maximum absolute atomic E-state index is 13.0. The summed E-state index contributed by atoms with van der Waals surface area (Å²) < 4.78 is 34.3. The Kier molecular flexibility index (Phi) is 4.25. The van der Waals surface area contributed by atoms with Crippen molar-refractivity contribution >= 4 is 26.0 Å². The monoisotopic (exact) mass is 395 g/mol. The van der Waals surface area contributed by atoms with Crippen molar-refractivity contribution in [1.82, 2.24) is 4.31 Å². The highest BCUT2D eigenvalue weighted by atomic mass is 79.9. The van der Waals surface area contributed by atoms with Crippen LogP contribution in [0.4, 0.5) is 0 Å². The standard InChI is InChI=1S/C17H18BrNO3S/c1-17(2)12-19(11-13-6-3-4-9-16(13)22-17)23(20,21)15-8-5-7-14(18)10-15/h3-10H,11-12H2,1-2H3. The third kappa shape index (κ3) is 3.44. The van der Waals surface area contributed by atoms with Crippen molar-refractivity contribution in [3.8, 4) is 5.75 Å². The molecule has 1 heterocycles. The predicted molar refractivity (Wildman–Crippen MR) is 92.9 cm³/mol. The average molecular weight is 396 g/mol. The molecule has 0 radical (unpaired) electrons. The molecular weight excluding hydrogens is 378 g/mol. The summed E-state index contributed by atoms with van der Waals surface area (Å²) in [5.74, 6) is 0.740. The zero-order valence-corrected chi connectivity index (χ0v) is 15.4. The first-order valence-electron chi connectivity index (χ1n) is 7.31. The van der Waals surface area contributed by atoms with Gasteiger partial charge in [0.25, 0.3) is 0 Å². The Morgan fingerprint density at radius 1 is 1.13 bits per heavy atom. The Morgan fingerprint density at radius 2 is 1.87 bits per heavy atom. The van der Waals surface area contributed by atoms with Crippen LogP contribution >= 0.6 is 15.9 Å². The van der Waals surface area contributed by atoms with Gasteiger partial charge in [0.05, 0.1) is 11.4 Å². The Balaban J connectivity index is 2.05. The summed E-state index contributed by atoms with van der Waals surface area (Å²) in [4.78, 5) is 0.280. The van der Waals surface area contributed by atoms with E-state index in [9.17, 15) is 8.42 Å². The van der Waals surface area contributed by atoms with Crippen LogP contribution in [0.2, 0.25) is 0 Å². The number of hydrogen-bond acceptors (Lipinski definition) is 3. The topological polar surface area (TPSA) is 46.6 Å². The molecule has 4 nitrogen and oxygen atoms in total. The van der Waals surface area contributed by atoms with Crippen LogP contribution in [-0.4, -0.2) is 24.9 Å². The van der Waals surface area contributed by atoms with E-state index in [1.165, 1.54) is 4.31 Å². The van der Waals surface area contributed by atoms with Crippen LogP contribution in [0.25, 0.3) is 0 Å². The first-order chi connectivity index (χ1) is 10.8. The van der Waals surface area contributed by atoms with E-state index < -0.39 is 15.6 Å². The van der Waals surface area contributed by atoms with Crippen molar-refractivity contribution in [2.45, 2.75) is 30.9 Å². The molecule has 1 aliphatic rings. The molecule has 2 aromatic carbocycles. The largest absolute Gasteiger partial charge is 0.486 e. The van der Waals surface area contributed by atoms with Gasteiger partial charge in [-0.05, 0) is 38.1 Å². The molecule has 0 atom stereocenters. The SMILES string of the molecule is CC1(C)CN(S(=O)(=O)c2cccc(Br)c2)Cc2ccccc2O1. The van der Waals surface area contributed by atoms with E-state index in [1.54, 1.807) is 18.2 Å².